The van der Waals surface area contributed by atoms with Gasteiger partial charge in [-0.1, -0.05) is 47.3 Å². The van der Waals surface area contributed by atoms with Crippen molar-refractivity contribution in [2.24, 2.45) is 0 Å². The summed E-state index contributed by atoms with van der Waals surface area (Å²) in [6.45, 7) is 0.424. The van der Waals surface area contributed by atoms with Gasteiger partial charge in [0.25, 0.3) is 5.56 Å². The molecule has 0 spiro atoms. The summed E-state index contributed by atoms with van der Waals surface area (Å²) in [6, 6.07) is 17.5. The van der Waals surface area contributed by atoms with Gasteiger partial charge < -0.3 is 4.52 Å². The van der Waals surface area contributed by atoms with Gasteiger partial charge in [-0.25, -0.2) is 9.37 Å². The van der Waals surface area contributed by atoms with Gasteiger partial charge in [0, 0.05) is 5.56 Å². The molecule has 3 aromatic heterocycles. The van der Waals surface area contributed by atoms with E-state index in [9.17, 15) is 9.18 Å². The molecule has 0 saturated heterocycles. The third kappa shape index (κ3) is 4.14. The highest BCUT2D eigenvalue weighted by atomic mass is 32.2. The summed E-state index contributed by atoms with van der Waals surface area (Å²) in [5.74, 6) is 0.813. The second-order valence-electron chi connectivity index (χ2n) is 6.71. The number of nitrogens with zero attached hydrogens (tertiary/aromatic N) is 4. The SMILES string of the molecule is O=c1c2sccc2nc(SCc2nc(-c3ccc(F)cc3)no2)n1Cc1ccccc1. The molecule has 6 nitrogen and oxygen atoms in total. The van der Waals surface area contributed by atoms with Crippen molar-refractivity contribution in [1.29, 1.82) is 0 Å². The van der Waals surface area contributed by atoms with Crippen LogP contribution in [-0.2, 0) is 12.3 Å². The lowest BCUT2D eigenvalue weighted by Crippen LogP contribution is -2.23. The first kappa shape index (κ1) is 19.7. The standard InChI is InChI=1S/C22H15FN4O2S2/c23-16-8-6-15(7-9-16)20-25-18(29-26-20)13-31-22-24-17-10-11-30-19(17)21(28)27(22)12-14-4-2-1-3-5-14/h1-11H,12-13H2. The number of aromatic nitrogens is 4. The lowest BCUT2D eigenvalue weighted by atomic mass is 10.2. The minimum atomic E-state index is -0.325. The van der Waals surface area contributed by atoms with Crippen molar-refractivity contribution < 1.29 is 8.91 Å². The molecule has 0 bridgehead atoms. The fraction of sp³-hybridized carbons (Fsp3) is 0.0909. The molecule has 0 radical (unpaired) electrons. The normalized spacial score (nSPS) is 11.3. The number of thioether (sulfide) groups is 1. The number of hydrogen-bond acceptors (Lipinski definition) is 7. The molecule has 9 heteroatoms. The first-order valence-electron chi connectivity index (χ1n) is 9.41. The minimum Gasteiger partial charge on any atom is -0.338 e. The molecular weight excluding hydrogens is 435 g/mol. The van der Waals surface area contributed by atoms with E-state index in [4.69, 9.17) is 4.52 Å². The monoisotopic (exact) mass is 450 g/mol. The van der Waals surface area contributed by atoms with E-state index in [1.54, 1.807) is 16.7 Å². The summed E-state index contributed by atoms with van der Waals surface area (Å²) in [5.41, 5.74) is 2.30. The second kappa shape index (κ2) is 8.44. The van der Waals surface area contributed by atoms with Crippen LogP contribution < -0.4 is 5.56 Å². The van der Waals surface area contributed by atoms with Crippen LogP contribution in [0.5, 0.6) is 0 Å². The van der Waals surface area contributed by atoms with Gasteiger partial charge in [-0.3, -0.25) is 9.36 Å². The second-order valence-corrected chi connectivity index (χ2v) is 8.57. The summed E-state index contributed by atoms with van der Waals surface area (Å²) in [4.78, 5) is 22.1. The Bertz CT molecular complexity index is 1390. The van der Waals surface area contributed by atoms with Gasteiger partial charge in [-0.2, -0.15) is 4.98 Å². The number of rotatable bonds is 6. The van der Waals surface area contributed by atoms with Gasteiger partial charge >= 0.3 is 0 Å². The molecule has 31 heavy (non-hydrogen) atoms. The topological polar surface area (TPSA) is 73.8 Å². The Morgan fingerprint density at radius 3 is 2.65 bits per heavy atom. The Hall–Kier alpha value is -3.30. The van der Waals surface area contributed by atoms with Crippen molar-refractivity contribution in [3.63, 3.8) is 0 Å². The van der Waals surface area contributed by atoms with Crippen LogP contribution in [0.3, 0.4) is 0 Å². The van der Waals surface area contributed by atoms with Crippen LogP contribution >= 0.6 is 23.1 Å². The highest BCUT2D eigenvalue weighted by Gasteiger charge is 2.15. The zero-order valence-electron chi connectivity index (χ0n) is 16.1. The molecule has 5 aromatic rings. The average molecular weight is 451 g/mol. The largest absolute Gasteiger partial charge is 0.338 e. The maximum absolute atomic E-state index is 13.1. The molecule has 0 aliphatic rings. The van der Waals surface area contributed by atoms with E-state index in [0.29, 0.717) is 44.9 Å². The van der Waals surface area contributed by atoms with Crippen molar-refractivity contribution >= 4 is 33.3 Å². The third-order valence-corrected chi connectivity index (χ3v) is 6.46. The Morgan fingerprint density at radius 1 is 1.03 bits per heavy atom. The van der Waals surface area contributed by atoms with Crippen LogP contribution in [0.15, 0.2) is 80.5 Å². The molecule has 0 aliphatic heterocycles. The van der Waals surface area contributed by atoms with Gasteiger partial charge in [0.05, 0.1) is 17.8 Å². The average Bonchev–Trinajstić information content (AvgIpc) is 3.45. The van der Waals surface area contributed by atoms with Crippen LogP contribution in [0.4, 0.5) is 4.39 Å². The number of fused-ring (bicyclic) bond motifs is 1. The Labute approximate surface area is 184 Å². The number of benzene rings is 2. The van der Waals surface area contributed by atoms with Crippen LogP contribution in [0, 0.1) is 5.82 Å². The van der Waals surface area contributed by atoms with E-state index in [1.807, 2.05) is 41.8 Å². The summed E-state index contributed by atoms with van der Waals surface area (Å²) in [5, 5.41) is 6.42. The number of halogens is 1. The molecular formula is C22H15FN4O2S2. The van der Waals surface area contributed by atoms with Crippen molar-refractivity contribution in [1.82, 2.24) is 19.7 Å². The Morgan fingerprint density at radius 2 is 1.84 bits per heavy atom. The maximum atomic E-state index is 13.1. The molecule has 3 heterocycles. The lowest BCUT2D eigenvalue weighted by Gasteiger charge is -2.11. The Balaban J connectivity index is 1.43. The predicted octanol–water partition coefficient (Wildman–Crippen LogP) is 4.99. The van der Waals surface area contributed by atoms with Crippen molar-refractivity contribution in [2.75, 3.05) is 0 Å². The fourth-order valence-electron chi connectivity index (χ4n) is 3.10. The van der Waals surface area contributed by atoms with E-state index in [2.05, 4.69) is 15.1 Å². The van der Waals surface area contributed by atoms with Gasteiger partial charge in [-0.05, 0) is 41.3 Å². The maximum Gasteiger partial charge on any atom is 0.272 e. The molecule has 0 fully saturated rings. The summed E-state index contributed by atoms with van der Waals surface area (Å²) in [7, 11) is 0. The van der Waals surface area contributed by atoms with Crippen LogP contribution in [0.2, 0.25) is 0 Å². The van der Waals surface area contributed by atoms with Gasteiger partial charge in [-0.15, -0.1) is 11.3 Å². The third-order valence-electron chi connectivity index (χ3n) is 4.61. The number of thiophene rings is 1. The molecule has 0 saturated carbocycles. The summed E-state index contributed by atoms with van der Waals surface area (Å²) in [6.07, 6.45) is 0. The summed E-state index contributed by atoms with van der Waals surface area (Å²) < 4.78 is 20.8. The molecule has 5 rings (SSSR count). The molecule has 2 aromatic carbocycles. The van der Waals surface area contributed by atoms with E-state index in [0.717, 1.165) is 5.56 Å². The van der Waals surface area contributed by atoms with E-state index >= 15 is 0 Å². The predicted molar refractivity (Wildman–Crippen MR) is 119 cm³/mol. The van der Waals surface area contributed by atoms with E-state index < -0.39 is 0 Å². The number of hydrogen-bond donors (Lipinski definition) is 0. The highest BCUT2D eigenvalue weighted by molar-refractivity contribution is 7.98. The first-order valence-corrected chi connectivity index (χ1v) is 11.3. The first-order chi connectivity index (χ1) is 15.2. The molecule has 0 aliphatic carbocycles. The quantitative estimate of drug-likeness (QED) is 0.268. The van der Waals surface area contributed by atoms with Crippen LogP contribution in [0.25, 0.3) is 21.6 Å². The van der Waals surface area contributed by atoms with Crippen molar-refractivity contribution in [3.05, 3.63) is 93.7 Å². The van der Waals surface area contributed by atoms with Gasteiger partial charge in [0.1, 0.15) is 10.5 Å². The Kier molecular flexibility index (Phi) is 5.35. The minimum absolute atomic E-state index is 0.0658. The molecule has 154 valence electrons. The van der Waals surface area contributed by atoms with Gasteiger partial charge in [0.15, 0.2) is 5.16 Å². The van der Waals surface area contributed by atoms with Gasteiger partial charge in [0.2, 0.25) is 11.7 Å². The molecule has 0 amide bonds. The lowest BCUT2D eigenvalue weighted by molar-refractivity contribution is 0.391. The molecule has 0 unspecified atom stereocenters. The van der Waals surface area contributed by atoms with Crippen LogP contribution in [0.1, 0.15) is 11.5 Å². The fourth-order valence-corrected chi connectivity index (χ4v) is 4.71. The molecule has 0 N–H and O–H groups in total. The van der Waals surface area contributed by atoms with Crippen molar-refractivity contribution in [3.8, 4) is 11.4 Å². The van der Waals surface area contributed by atoms with Crippen molar-refractivity contribution in [2.45, 2.75) is 17.5 Å². The zero-order chi connectivity index (χ0) is 21.2. The summed E-state index contributed by atoms with van der Waals surface area (Å²) >= 11 is 2.75. The highest BCUT2D eigenvalue weighted by Crippen LogP contribution is 2.25. The zero-order valence-corrected chi connectivity index (χ0v) is 17.7. The smallest absolute Gasteiger partial charge is 0.272 e. The van der Waals surface area contributed by atoms with E-state index in [1.165, 1.54) is 35.2 Å². The molecule has 0 atom stereocenters. The van der Waals surface area contributed by atoms with E-state index in [-0.39, 0.29) is 11.4 Å². The van der Waals surface area contributed by atoms with Crippen LogP contribution in [-0.4, -0.2) is 19.7 Å².